The molecule has 2 aliphatic heterocycles. The highest BCUT2D eigenvalue weighted by molar-refractivity contribution is 5.78. The minimum absolute atomic E-state index is 0.0293. The van der Waals surface area contributed by atoms with Crippen LogP contribution in [0.2, 0.25) is 0 Å². The molecular formula is C21H27N5O2. The van der Waals surface area contributed by atoms with Crippen molar-refractivity contribution in [3.05, 3.63) is 42.1 Å². The maximum atomic E-state index is 12.5. The van der Waals surface area contributed by atoms with E-state index in [9.17, 15) is 4.79 Å². The van der Waals surface area contributed by atoms with E-state index in [0.29, 0.717) is 13.1 Å². The summed E-state index contributed by atoms with van der Waals surface area (Å²) in [5.41, 5.74) is 1.12. The van der Waals surface area contributed by atoms with Gasteiger partial charge in [-0.3, -0.25) is 4.79 Å². The molecule has 0 unspecified atom stereocenters. The van der Waals surface area contributed by atoms with Gasteiger partial charge in [0, 0.05) is 45.5 Å². The molecule has 3 heterocycles. The van der Waals surface area contributed by atoms with E-state index >= 15 is 0 Å². The Morgan fingerprint density at radius 3 is 2.57 bits per heavy atom. The minimum Gasteiger partial charge on any atom is -0.484 e. The van der Waals surface area contributed by atoms with Crippen molar-refractivity contribution in [2.24, 2.45) is 0 Å². The summed E-state index contributed by atoms with van der Waals surface area (Å²) in [5.74, 6) is 2.53. The number of rotatable bonds is 5. The zero-order chi connectivity index (χ0) is 19.3. The van der Waals surface area contributed by atoms with Crippen LogP contribution in [0.4, 0.5) is 11.8 Å². The molecule has 0 bridgehead atoms. The van der Waals surface area contributed by atoms with Crippen LogP contribution in [0, 0.1) is 6.92 Å². The molecule has 1 aromatic carbocycles. The van der Waals surface area contributed by atoms with Gasteiger partial charge in [-0.05, 0) is 43.5 Å². The first-order chi connectivity index (χ1) is 13.7. The Balaban J connectivity index is 1.29. The number of carbonyl (C=O) groups is 1. The number of aromatic nitrogens is 2. The van der Waals surface area contributed by atoms with Crippen LogP contribution >= 0.6 is 0 Å². The Bertz CT molecular complexity index is 814. The third kappa shape index (κ3) is 4.35. The molecule has 1 amide bonds. The fourth-order valence-corrected chi connectivity index (χ4v) is 3.71. The first kappa shape index (κ1) is 18.5. The van der Waals surface area contributed by atoms with Gasteiger partial charge in [0.15, 0.2) is 6.61 Å². The van der Waals surface area contributed by atoms with Crippen molar-refractivity contribution in [1.29, 1.82) is 0 Å². The van der Waals surface area contributed by atoms with Crippen molar-refractivity contribution in [3.63, 3.8) is 0 Å². The lowest BCUT2D eigenvalue weighted by Gasteiger charge is -2.35. The van der Waals surface area contributed by atoms with Gasteiger partial charge in [0.1, 0.15) is 11.6 Å². The molecular weight excluding hydrogens is 354 g/mol. The number of carbonyl (C=O) groups excluding carboxylic acids is 1. The fourth-order valence-electron chi connectivity index (χ4n) is 3.71. The van der Waals surface area contributed by atoms with Crippen molar-refractivity contribution in [2.75, 3.05) is 55.7 Å². The molecule has 0 atom stereocenters. The van der Waals surface area contributed by atoms with Crippen LogP contribution in [0.15, 0.2) is 36.5 Å². The van der Waals surface area contributed by atoms with Crippen LogP contribution in [-0.4, -0.2) is 66.7 Å². The maximum absolute atomic E-state index is 12.5. The van der Waals surface area contributed by atoms with Crippen molar-refractivity contribution < 1.29 is 9.53 Å². The Kier molecular flexibility index (Phi) is 5.60. The summed E-state index contributed by atoms with van der Waals surface area (Å²) >= 11 is 0. The molecule has 4 rings (SSSR count). The summed E-state index contributed by atoms with van der Waals surface area (Å²) in [7, 11) is 0. The third-order valence-electron chi connectivity index (χ3n) is 5.33. The molecule has 0 spiro atoms. The molecule has 7 nitrogen and oxygen atoms in total. The summed E-state index contributed by atoms with van der Waals surface area (Å²) in [5, 5.41) is 0. The highest BCUT2D eigenvalue weighted by Crippen LogP contribution is 2.20. The zero-order valence-electron chi connectivity index (χ0n) is 16.4. The van der Waals surface area contributed by atoms with Gasteiger partial charge in [0.05, 0.1) is 0 Å². The van der Waals surface area contributed by atoms with Gasteiger partial charge in [0.2, 0.25) is 5.95 Å². The predicted molar refractivity (Wildman–Crippen MR) is 109 cm³/mol. The summed E-state index contributed by atoms with van der Waals surface area (Å²) < 4.78 is 5.66. The maximum Gasteiger partial charge on any atom is 0.260 e. The van der Waals surface area contributed by atoms with Crippen molar-refractivity contribution >= 4 is 17.7 Å². The molecule has 2 aromatic rings. The Morgan fingerprint density at radius 1 is 1.04 bits per heavy atom. The standard InChI is InChI=1S/C21H27N5O2/c1-17-5-4-6-18(15-17)28-16-20(27)25-13-11-24(12-14-25)19-7-8-22-21(23-19)26-9-2-3-10-26/h4-8,15H,2-3,9-14,16H2,1H3. The van der Waals surface area contributed by atoms with Gasteiger partial charge < -0.3 is 19.4 Å². The smallest absolute Gasteiger partial charge is 0.260 e. The first-order valence-electron chi connectivity index (χ1n) is 9.99. The second-order valence-corrected chi connectivity index (χ2v) is 7.38. The van der Waals surface area contributed by atoms with Crippen molar-refractivity contribution in [2.45, 2.75) is 19.8 Å². The van der Waals surface area contributed by atoms with Gasteiger partial charge >= 0.3 is 0 Å². The summed E-state index contributed by atoms with van der Waals surface area (Å²) in [6.45, 7) is 7.06. The monoisotopic (exact) mass is 381 g/mol. The zero-order valence-corrected chi connectivity index (χ0v) is 16.4. The van der Waals surface area contributed by atoms with E-state index in [0.717, 1.165) is 49.3 Å². The van der Waals surface area contributed by atoms with E-state index in [2.05, 4.69) is 14.8 Å². The van der Waals surface area contributed by atoms with E-state index in [1.165, 1.54) is 12.8 Å². The number of amides is 1. The first-order valence-corrected chi connectivity index (χ1v) is 9.99. The molecule has 2 aliphatic rings. The number of ether oxygens (including phenoxy) is 1. The molecule has 2 saturated heterocycles. The number of benzene rings is 1. The summed E-state index contributed by atoms with van der Waals surface area (Å²) in [4.78, 5) is 28.0. The molecule has 0 aliphatic carbocycles. The molecule has 2 fully saturated rings. The number of nitrogens with zero attached hydrogens (tertiary/aromatic N) is 5. The average molecular weight is 381 g/mol. The highest BCUT2D eigenvalue weighted by Gasteiger charge is 2.23. The second kappa shape index (κ2) is 8.46. The predicted octanol–water partition coefficient (Wildman–Crippen LogP) is 2.11. The average Bonchev–Trinajstić information content (AvgIpc) is 3.27. The number of hydrogen-bond donors (Lipinski definition) is 0. The Hall–Kier alpha value is -2.83. The van der Waals surface area contributed by atoms with Gasteiger partial charge in [-0.25, -0.2) is 4.98 Å². The normalized spacial score (nSPS) is 17.1. The number of hydrogen-bond acceptors (Lipinski definition) is 6. The van der Waals surface area contributed by atoms with Crippen LogP contribution in [-0.2, 0) is 4.79 Å². The van der Waals surface area contributed by atoms with Crippen LogP contribution in [0.1, 0.15) is 18.4 Å². The lowest BCUT2D eigenvalue weighted by Crippen LogP contribution is -2.50. The molecule has 0 saturated carbocycles. The molecule has 7 heteroatoms. The van der Waals surface area contributed by atoms with E-state index in [-0.39, 0.29) is 12.5 Å². The van der Waals surface area contributed by atoms with Gasteiger partial charge in [0.25, 0.3) is 5.91 Å². The van der Waals surface area contributed by atoms with Crippen LogP contribution in [0.25, 0.3) is 0 Å². The Labute approximate surface area is 165 Å². The van der Waals surface area contributed by atoms with Crippen molar-refractivity contribution in [1.82, 2.24) is 14.9 Å². The van der Waals surface area contributed by atoms with Crippen LogP contribution < -0.4 is 14.5 Å². The van der Waals surface area contributed by atoms with Gasteiger partial charge in [-0.15, -0.1) is 0 Å². The summed E-state index contributed by atoms with van der Waals surface area (Å²) in [6.07, 6.45) is 4.25. The van der Waals surface area contributed by atoms with E-state index in [4.69, 9.17) is 9.72 Å². The second-order valence-electron chi connectivity index (χ2n) is 7.38. The molecule has 1 aromatic heterocycles. The third-order valence-corrected chi connectivity index (χ3v) is 5.33. The minimum atomic E-state index is 0.0293. The molecule has 0 radical (unpaired) electrons. The molecule has 28 heavy (non-hydrogen) atoms. The van der Waals surface area contributed by atoms with E-state index in [1.54, 1.807) is 0 Å². The number of aryl methyl sites for hydroxylation is 1. The lowest BCUT2D eigenvalue weighted by atomic mass is 10.2. The van der Waals surface area contributed by atoms with Crippen LogP contribution in [0.5, 0.6) is 5.75 Å². The summed E-state index contributed by atoms with van der Waals surface area (Å²) in [6, 6.07) is 9.73. The van der Waals surface area contributed by atoms with Crippen LogP contribution in [0.3, 0.4) is 0 Å². The molecule has 148 valence electrons. The lowest BCUT2D eigenvalue weighted by molar-refractivity contribution is -0.133. The number of piperazine rings is 1. The topological polar surface area (TPSA) is 61.8 Å². The van der Waals surface area contributed by atoms with Gasteiger partial charge in [-0.1, -0.05) is 12.1 Å². The highest BCUT2D eigenvalue weighted by atomic mass is 16.5. The fraction of sp³-hybridized carbons (Fsp3) is 0.476. The quantitative estimate of drug-likeness (QED) is 0.791. The number of anilines is 2. The largest absolute Gasteiger partial charge is 0.484 e. The Morgan fingerprint density at radius 2 is 1.82 bits per heavy atom. The van der Waals surface area contributed by atoms with Gasteiger partial charge in [-0.2, -0.15) is 4.98 Å². The van der Waals surface area contributed by atoms with E-state index in [1.807, 2.05) is 48.4 Å². The SMILES string of the molecule is Cc1cccc(OCC(=O)N2CCN(c3ccnc(N4CCCC4)n3)CC2)c1. The van der Waals surface area contributed by atoms with Crippen molar-refractivity contribution in [3.8, 4) is 5.75 Å². The van der Waals surface area contributed by atoms with E-state index < -0.39 is 0 Å². The molecule has 0 N–H and O–H groups in total.